The summed E-state index contributed by atoms with van der Waals surface area (Å²) >= 11 is 0. The van der Waals surface area contributed by atoms with Crippen molar-refractivity contribution in [3.05, 3.63) is 23.4 Å². The molecule has 1 aromatic rings. The molecule has 1 aliphatic rings. The third-order valence-corrected chi connectivity index (χ3v) is 2.69. The van der Waals surface area contributed by atoms with E-state index in [4.69, 9.17) is 4.74 Å². The number of rotatable bonds is 3. The van der Waals surface area contributed by atoms with Gasteiger partial charge in [-0.1, -0.05) is 0 Å². The number of methoxy groups -OCH3 is 1. The number of aldehydes is 1. The molecule has 0 aliphatic carbocycles. The lowest BCUT2D eigenvalue weighted by Crippen LogP contribution is -2.52. The van der Waals surface area contributed by atoms with Crippen LogP contribution in [0.15, 0.2) is 12.3 Å². The number of carbonyl (C=O) groups is 1. The van der Waals surface area contributed by atoms with Gasteiger partial charge >= 0.3 is 0 Å². The minimum Gasteiger partial charge on any atom is -0.378 e. The number of hydrogen-bond acceptors (Lipinski definition) is 4. The molecule has 1 saturated heterocycles. The van der Waals surface area contributed by atoms with Crippen LogP contribution in [0.4, 0.5) is 5.82 Å². The molecule has 0 amide bonds. The summed E-state index contributed by atoms with van der Waals surface area (Å²) in [7, 11) is 1.72. The topological polar surface area (TPSA) is 42.4 Å². The van der Waals surface area contributed by atoms with Crippen LogP contribution in [0.2, 0.25) is 0 Å². The van der Waals surface area contributed by atoms with Gasteiger partial charge < -0.3 is 9.64 Å². The van der Waals surface area contributed by atoms with Gasteiger partial charge in [-0.25, -0.2) is 4.98 Å². The molecule has 0 spiro atoms. The monoisotopic (exact) mass is 206 g/mol. The lowest BCUT2D eigenvalue weighted by molar-refractivity contribution is 0.0782. The van der Waals surface area contributed by atoms with E-state index in [0.717, 1.165) is 30.8 Å². The van der Waals surface area contributed by atoms with Crippen LogP contribution in [-0.4, -0.2) is 37.6 Å². The van der Waals surface area contributed by atoms with Gasteiger partial charge in [-0.2, -0.15) is 0 Å². The Morgan fingerprint density at radius 3 is 2.87 bits per heavy atom. The van der Waals surface area contributed by atoms with E-state index in [0.29, 0.717) is 11.7 Å². The largest absolute Gasteiger partial charge is 0.378 e. The van der Waals surface area contributed by atoms with Crippen molar-refractivity contribution in [3.63, 3.8) is 0 Å². The number of ether oxygens (including phenoxy) is 1. The maximum absolute atomic E-state index is 10.5. The van der Waals surface area contributed by atoms with Gasteiger partial charge in [0.1, 0.15) is 5.82 Å². The Hall–Kier alpha value is -1.42. The molecule has 0 bridgehead atoms. The van der Waals surface area contributed by atoms with Crippen LogP contribution < -0.4 is 4.90 Å². The fourth-order valence-electron chi connectivity index (χ4n) is 1.74. The van der Waals surface area contributed by atoms with Crippen molar-refractivity contribution < 1.29 is 9.53 Å². The Morgan fingerprint density at radius 2 is 2.33 bits per heavy atom. The van der Waals surface area contributed by atoms with E-state index in [1.807, 2.05) is 13.0 Å². The number of hydrogen-bond donors (Lipinski definition) is 0. The van der Waals surface area contributed by atoms with Crippen molar-refractivity contribution in [3.8, 4) is 0 Å². The Bertz CT molecular complexity index is 373. The molecule has 0 radical (unpaired) electrons. The van der Waals surface area contributed by atoms with E-state index in [9.17, 15) is 4.79 Å². The zero-order valence-electron chi connectivity index (χ0n) is 8.93. The minimum atomic E-state index is 0.317. The molecule has 0 N–H and O–H groups in total. The van der Waals surface area contributed by atoms with Crippen molar-refractivity contribution >= 4 is 12.1 Å². The van der Waals surface area contributed by atoms with E-state index in [1.54, 1.807) is 13.3 Å². The second-order valence-corrected chi connectivity index (χ2v) is 3.79. The van der Waals surface area contributed by atoms with E-state index in [-0.39, 0.29) is 0 Å². The van der Waals surface area contributed by atoms with Crippen LogP contribution in [0.25, 0.3) is 0 Å². The number of anilines is 1. The summed E-state index contributed by atoms with van der Waals surface area (Å²) in [6, 6.07) is 1.86. The molecule has 0 aromatic carbocycles. The number of aromatic nitrogens is 1. The number of pyridine rings is 1. The van der Waals surface area contributed by atoms with Crippen molar-refractivity contribution in [1.82, 2.24) is 4.98 Å². The summed E-state index contributed by atoms with van der Waals surface area (Å²) in [5.74, 6) is 0.953. The third-order valence-electron chi connectivity index (χ3n) is 2.69. The Balaban J connectivity index is 2.13. The van der Waals surface area contributed by atoms with Gasteiger partial charge in [0.05, 0.1) is 6.10 Å². The van der Waals surface area contributed by atoms with E-state index in [1.165, 1.54) is 0 Å². The summed E-state index contributed by atoms with van der Waals surface area (Å²) in [6.45, 7) is 3.73. The molecule has 2 heterocycles. The van der Waals surface area contributed by atoms with Crippen molar-refractivity contribution in [2.45, 2.75) is 13.0 Å². The Morgan fingerprint density at radius 1 is 1.60 bits per heavy atom. The van der Waals surface area contributed by atoms with E-state index in [2.05, 4.69) is 9.88 Å². The summed E-state index contributed by atoms with van der Waals surface area (Å²) in [5.41, 5.74) is 1.66. The van der Waals surface area contributed by atoms with Crippen LogP contribution in [0, 0.1) is 6.92 Å². The molecule has 0 atom stereocenters. The second-order valence-electron chi connectivity index (χ2n) is 3.79. The average molecular weight is 206 g/mol. The quantitative estimate of drug-likeness (QED) is 0.693. The van der Waals surface area contributed by atoms with Gasteiger partial charge in [0.2, 0.25) is 0 Å². The third kappa shape index (κ3) is 1.85. The summed E-state index contributed by atoms with van der Waals surface area (Å²) in [4.78, 5) is 17.0. The smallest absolute Gasteiger partial charge is 0.151 e. The van der Waals surface area contributed by atoms with Crippen molar-refractivity contribution in [1.29, 1.82) is 0 Å². The maximum atomic E-state index is 10.5. The first-order chi connectivity index (χ1) is 7.24. The fraction of sp³-hybridized carbons (Fsp3) is 0.455. The van der Waals surface area contributed by atoms with Gasteiger partial charge in [-0.05, 0) is 18.6 Å². The molecule has 1 aromatic heterocycles. The van der Waals surface area contributed by atoms with Crippen molar-refractivity contribution in [2.75, 3.05) is 25.1 Å². The molecule has 1 aliphatic heterocycles. The van der Waals surface area contributed by atoms with E-state index < -0.39 is 0 Å². The molecule has 0 unspecified atom stereocenters. The lowest BCUT2D eigenvalue weighted by atomic mass is 10.1. The van der Waals surface area contributed by atoms with Gasteiger partial charge in [-0.15, -0.1) is 0 Å². The van der Waals surface area contributed by atoms with Gasteiger partial charge in [0, 0.05) is 32.0 Å². The van der Waals surface area contributed by atoms with Crippen molar-refractivity contribution in [2.24, 2.45) is 0 Å². The molecular weight excluding hydrogens is 192 g/mol. The molecule has 2 rings (SSSR count). The highest BCUT2D eigenvalue weighted by Crippen LogP contribution is 2.23. The second kappa shape index (κ2) is 3.98. The van der Waals surface area contributed by atoms with Gasteiger partial charge in [-0.3, -0.25) is 4.79 Å². The van der Waals surface area contributed by atoms with Crippen LogP contribution >= 0.6 is 0 Å². The predicted molar refractivity (Wildman–Crippen MR) is 57.4 cm³/mol. The summed E-state index contributed by atoms with van der Waals surface area (Å²) < 4.78 is 5.20. The number of nitrogens with zero attached hydrogens (tertiary/aromatic N) is 2. The highest BCUT2D eigenvalue weighted by atomic mass is 16.5. The summed E-state index contributed by atoms with van der Waals surface area (Å²) in [5, 5.41) is 0. The normalized spacial score (nSPS) is 16.3. The highest BCUT2D eigenvalue weighted by molar-refractivity contribution is 5.75. The Kier molecular flexibility index (Phi) is 2.68. The first kappa shape index (κ1) is 10.1. The molecule has 0 saturated carbocycles. The summed E-state index contributed by atoms with van der Waals surface area (Å²) in [6.07, 6.45) is 2.74. The molecule has 4 nitrogen and oxygen atoms in total. The molecule has 15 heavy (non-hydrogen) atoms. The standard InChI is InChI=1S/C11H14N2O2/c1-8-3-9(7-14)4-12-11(8)13-5-10(6-13)15-2/h3-4,7,10H,5-6H2,1-2H3. The zero-order chi connectivity index (χ0) is 10.8. The molecule has 4 heteroatoms. The van der Waals surface area contributed by atoms with Crippen LogP contribution in [0.1, 0.15) is 15.9 Å². The number of carbonyl (C=O) groups excluding carboxylic acids is 1. The van der Waals surface area contributed by atoms with Crippen LogP contribution in [0.3, 0.4) is 0 Å². The Labute approximate surface area is 88.9 Å². The highest BCUT2D eigenvalue weighted by Gasteiger charge is 2.28. The SMILES string of the molecule is COC1CN(c2ncc(C=O)cc2C)C1. The minimum absolute atomic E-state index is 0.317. The first-order valence-electron chi connectivity index (χ1n) is 4.94. The zero-order valence-corrected chi connectivity index (χ0v) is 8.93. The lowest BCUT2D eigenvalue weighted by Gasteiger charge is -2.39. The van der Waals surface area contributed by atoms with Crippen LogP contribution in [-0.2, 0) is 4.74 Å². The molecule has 80 valence electrons. The van der Waals surface area contributed by atoms with Gasteiger partial charge in [0.15, 0.2) is 6.29 Å². The fourth-order valence-corrected chi connectivity index (χ4v) is 1.74. The average Bonchev–Trinajstić information content (AvgIpc) is 2.18. The number of aryl methyl sites for hydroxylation is 1. The maximum Gasteiger partial charge on any atom is 0.151 e. The van der Waals surface area contributed by atoms with Crippen LogP contribution in [0.5, 0.6) is 0 Å². The van der Waals surface area contributed by atoms with Gasteiger partial charge in [0.25, 0.3) is 0 Å². The van der Waals surface area contributed by atoms with E-state index >= 15 is 0 Å². The predicted octanol–water partition coefficient (Wildman–Crippen LogP) is 1.04. The molecular formula is C11H14N2O2. The molecule has 1 fully saturated rings. The first-order valence-corrected chi connectivity index (χ1v) is 4.94.